The smallest absolute Gasteiger partial charge is 0.387 e. The van der Waals surface area contributed by atoms with Crippen LogP contribution in [0.3, 0.4) is 0 Å². The first-order chi connectivity index (χ1) is 15.7. The number of carbonyl (C=O) groups excluding carboxylic acids is 1. The van der Waals surface area contributed by atoms with Crippen LogP contribution in [0.25, 0.3) is 0 Å². The summed E-state index contributed by atoms with van der Waals surface area (Å²) in [4.78, 5) is 49.2. The molecule has 2 rings (SSSR count). The molecule has 2 aliphatic heterocycles. The van der Waals surface area contributed by atoms with Crippen molar-refractivity contribution in [2.24, 2.45) is 5.73 Å². The third-order valence-corrected chi connectivity index (χ3v) is 8.81. The Labute approximate surface area is 197 Å². The molecule has 2 amide bonds. The number of nitrogens with one attached hydrogen (secondary N) is 1. The van der Waals surface area contributed by atoms with Crippen LogP contribution in [0.5, 0.6) is 0 Å². The van der Waals surface area contributed by atoms with Gasteiger partial charge in [-0.05, 0) is 20.8 Å². The van der Waals surface area contributed by atoms with Gasteiger partial charge in [0.25, 0.3) is 0 Å². The molecule has 200 valence electrons. The van der Waals surface area contributed by atoms with Crippen molar-refractivity contribution in [1.29, 1.82) is 0 Å². The molecular formula is C14H23FN3O14P3. The highest BCUT2D eigenvalue weighted by Gasteiger charge is 2.65. The number of halogens is 1. The molecule has 0 aromatic rings. The summed E-state index contributed by atoms with van der Waals surface area (Å²) in [6.07, 6.45) is -6.96. The van der Waals surface area contributed by atoms with Crippen LogP contribution in [-0.4, -0.2) is 76.5 Å². The van der Waals surface area contributed by atoms with Crippen molar-refractivity contribution in [3.8, 4) is 11.8 Å². The third kappa shape index (κ3) is 6.55. The summed E-state index contributed by atoms with van der Waals surface area (Å²) in [5.41, 5.74) is 1.84. The Bertz CT molecular complexity index is 1100. The molecule has 2 aliphatic rings. The highest BCUT2D eigenvalue weighted by Crippen LogP contribution is 2.67. The molecule has 8 atom stereocenters. The van der Waals surface area contributed by atoms with E-state index in [-0.39, 0.29) is 0 Å². The zero-order valence-electron chi connectivity index (χ0n) is 18.1. The van der Waals surface area contributed by atoms with E-state index in [1.165, 1.54) is 6.92 Å². The zero-order valence-corrected chi connectivity index (χ0v) is 20.8. The fourth-order valence-corrected chi connectivity index (χ4v) is 6.53. The minimum atomic E-state index is -5.84. The van der Waals surface area contributed by atoms with Gasteiger partial charge >= 0.3 is 29.5 Å². The molecule has 2 heterocycles. The van der Waals surface area contributed by atoms with Crippen LogP contribution in [0.15, 0.2) is 12.0 Å². The summed E-state index contributed by atoms with van der Waals surface area (Å²) in [5.74, 6) is 3.57. The number of hydrogen-bond donors (Lipinski definition) is 8. The molecule has 6 unspecified atom stereocenters. The van der Waals surface area contributed by atoms with Crippen molar-refractivity contribution in [3.05, 3.63) is 12.0 Å². The minimum absolute atomic E-state index is 0.526. The summed E-state index contributed by atoms with van der Waals surface area (Å²) in [6, 6.07) is -1.12. The quantitative estimate of drug-likeness (QED) is 0.130. The van der Waals surface area contributed by atoms with Crippen molar-refractivity contribution in [2.45, 2.75) is 56.6 Å². The van der Waals surface area contributed by atoms with Crippen LogP contribution in [0.1, 0.15) is 20.8 Å². The average Bonchev–Trinajstić information content (AvgIpc) is 2.84. The average molecular weight is 569 g/mol. The summed E-state index contributed by atoms with van der Waals surface area (Å²) < 4.78 is 66.1. The van der Waals surface area contributed by atoms with Crippen molar-refractivity contribution < 1.29 is 70.5 Å². The monoisotopic (exact) mass is 569 g/mol. The second kappa shape index (κ2) is 9.90. The SMILES string of the molecule is CC#CC1(N)C(O)C(C)([C@H](C)OP(=O)(O)OP(=O)(O)OP(=O)(O)O)O[C@H]1N1C=C(F)C(O)NC1=O. The van der Waals surface area contributed by atoms with Gasteiger partial charge in [-0.1, -0.05) is 5.92 Å². The molecule has 1 saturated heterocycles. The second-order valence-corrected chi connectivity index (χ2v) is 11.8. The number of phosphoric ester groups is 1. The van der Waals surface area contributed by atoms with Gasteiger partial charge in [0.2, 0.25) is 0 Å². The molecule has 1 fully saturated rings. The number of hydrogen-bond acceptors (Lipinski definition) is 11. The number of nitrogens with zero attached hydrogens (tertiary/aromatic N) is 1. The number of ether oxygens (including phenoxy) is 1. The molecule has 0 aromatic carbocycles. The van der Waals surface area contributed by atoms with Crippen LogP contribution in [0.4, 0.5) is 9.18 Å². The van der Waals surface area contributed by atoms with Gasteiger partial charge in [-0.3, -0.25) is 9.42 Å². The number of phosphoric acid groups is 3. The van der Waals surface area contributed by atoms with Gasteiger partial charge in [0, 0.05) is 6.20 Å². The van der Waals surface area contributed by atoms with Crippen LogP contribution in [-0.2, 0) is 31.6 Å². The Balaban J connectivity index is 2.38. The first-order valence-corrected chi connectivity index (χ1v) is 13.7. The van der Waals surface area contributed by atoms with Crippen LogP contribution < -0.4 is 11.1 Å². The first-order valence-electron chi connectivity index (χ1n) is 9.22. The number of nitrogens with two attached hydrogens (primary N) is 1. The molecule has 0 spiro atoms. The Morgan fingerprint density at radius 3 is 2.31 bits per heavy atom. The second-order valence-electron chi connectivity index (χ2n) is 7.48. The Kier molecular flexibility index (Phi) is 8.48. The highest BCUT2D eigenvalue weighted by atomic mass is 31.3. The van der Waals surface area contributed by atoms with E-state index in [1.807, 2.05) is 5.32 Å². The standard InChI is InChI=1S/C14H23FN3O14P3/c1-4-5-14(16)10(20)13(3,29-11(14)18-6-8(15)9(19)17-12(18)21)7(2)30-34(25,26)32-35(27,28)31-33(22,23)24/h6-7,9-11,19-20H,16H2,1-3H3,(H,17,21)(H,25,26)(H,27,28)(H2,22,23,24)/t7-,9?,10?,11+,13?,14?/m0/s1. The first kappa shape index (κ1) is 30.0. The van der Waals surface area contributed by atoms with E-state index in [4.69, 9.17) is 24.8 Å². The maximum absolute atomic E-state index is 14.0. The van der Waals surface area contributed by atoms with Crippen molar-refractivity contribution in [1.82, 2.24) is 10.2 Å². The van der Waals surface area contributed by atoms with Crippen molar-refractivity contribution in [2.75, 3.05) is 0 Å². The van der Waals surface area contributed by atoms with E-state index in [2.05, 4.69) is 20.5 Å². The lowest BCUT2D eigenvalue weighted by molar-refractivity contribution is -0.147. The van der Waals surface area contributed by atoms with Gasteiger partial charge in [0.1, 0.15) is 11.7 Å². The lowest BCUT2D eigenvalue weighted by atomic mass is 9.82. The van der Waals surface area contributed by atoms with E-state index in [1.54, 1.807) is 0 Å². The van der Waals surface area contributed by atoms with Crippen LogP contribution in [0, 0.1) is 11.8 Å². The third-order valence-electron chi connectivity index (χ3n) is 4.90. The summed E-state index contributed by atoms with van der Waals surface area (Å²) in [6.45, 7) is 3.38. The molecule has 0 aromatic heterocycles. The van der Waals surface area contributed by atoms with E-state index < -0.39 is 71.1 Å². The van der Waals surface area contributed by atoms with E-state index >= 15 is 0 Å². The normalized spacial score (nSPS) is 35.7. The molecule has 0 aliphatic carbocycles. The number of rotatable bonds is 8. The Hall–Kier alpha value is -1.25. The van der Waals surface area contributed by atoms with E-state index in [9.17, 15) is 42.9 Å². The number of aliphatic hydroxyl groups excluding tert-OH is 2. The fourth-order valence-electron chi connectivity index (χ4n) is 3.26. The number of carbonyl (C=O) groups is 1. The van der Waals surface area contributed by atoms with Gasteiger partial charge in [-0.25, -0.2) is 22.9 Å². The summed E-state index contributed by atoms with van der Waals surface area (Å²) in [5, 5.41) is 22.2. The number of urea groups is 1. The van der Waals surface area contributed by atoms with Crippen LogP contribution in [0.2, 0.25) is 0 Å². The van der Waals surface area contributed by atoms with Crippen molar-refractivity contribution >= 4 is 29.5 Å². The minimum Gasteiger partial charge on any atom is -0.387 e. The maximum Gasteiger partial charge on any atom is 0.490 e. The van der Waals surface area contributed by atoms with Gasteiger partial charge in [0.15, 0.2) is 23.8 Å². The molecule has 0 radical (unpaired) electrons. The predicted octanol–water partition coefficient (Wildman–Crippen LogP) is -0.931. The maximum atomic E-state index is 14.0. The fraction of sp³-hybridized carbons (Fsp3) is 0.643. The molecule has 0 bridgehead atoms. The lowest BCUT2D eigenvalue weighted by Crippen LogP contribution is -2.64. The molecule has 35 heavy (non-hydrogen) atoms. The topological polar surface area (TPSA) is 268 Å². The Morgan fingerprint density at radius 2 is 1.80 bits per heavy atom. The molecule has 9 N–H and O–H groups in total. The number of amides is 2. The Morgan fingerprint density at radius 1 is 1.23 bits per heavy atom. The predicted molar refractivity (Wildman–Crippen MR) is 110 cm³/mol. The highest BCUT2D eigenvalue weighted by molar-refractivity contribution is 7.66. The van der Waals surface area contributed by atoms with E-state index in [0.29, 0.717) is 11.1 Å². The van der Waals surface area contributed by atoms with Crippen molar-refractivity contribution in [3.63, 3.8) is 0 Å². The molecule has 21 heteroatoms. The largest absolute Gasteiger partial charge is 0.490 e. The lowest BCUT2D eigenvalue weighted by Gasteiger charge is -2.36. The molecule has 0 saturated carbocycles. The van der Waals surface area contributed by atoms with Crippen LogP contribution >= 0.6 is 23.5 Å². The van der Waals surface area contributed by atoms with Gasteiger partial charge in [0.05, 0.1) is 6.10 Å². The molecule has 17 nitrogen and oxygen atoms in total. The van der Waals surface area contributed by atoms with Gasteiger partial charge in [-0.2, -0.15) is 8.62 Å². The summed E-state index contributed by atoms with van der Waals surface area (Å²) in [7, 11) is -17.1. The van der Waals surface area contributed by atoms with Gasteiger partial charge < -0.3 is 45.6 Å². The zero-order chi connectivity index (χ0) is 27.2. The molecular weight excluding hydrogens is 546 g/mol. The van der Waals surface area contributed by atoms with Gasteiger partial charge in [-0.15, -0.1) is 5.92 Å². The van der Waals surface area contributed by atoms with E-state index in [0.717, 1.165) is 13.8 Å². The number of aliphatic hydroxyl groups is 2. The summed E-state index contributed by atoms with van der Waals surface area (Å²) >= 11 is 0.